The summed E-state index contributed by atoms with van der Waals surface area (Å²) < 4.78 is 0. The fourth-order valence-corrected chi connectivity index (χ4v) is 2.09. The van der Waals surface area contributed by atoms with Crippen molar-refractivity contribution in [2.45, 2.75) is 19.8 Å². The Morgan fingerprint density at radius 3 is 2.63 bits per heavy atom. The minimum Gasteiger partial charge on any atom is -0.337 e. The molecule has 5 heteroatoms. The minimum atomic E-state index is -0.00324. The maximum atomic E-state index is 11.5. The molecule has 1 fully saturated rings. The maximum absolute atomic E-state index is 11.5. The highest BCUT2D eigenvalue weighted by Crippen LogP contribution is 2.16. The molecule has 102 valence electrons. The van der Waals surface area contributed by atoms with Gasteiger partial charge >= 0.3 is 0 Å². The maximum Gasteiger partial charge on any atom is 0.246 e. The van der Waals surface area contributed by atoms with Gasteiger partial charge in [-0.2, -0.15) is 0 Å². The smallest absolute Gasteiger partial charge is 0.246 e. The van der Waals surface area contributed by atoms with Crippen LogP contribution < -0.4 is 4.90 Å². The molecular weight excluding hydrogens is 240 g/mol. The molecule has 0 saturated carbocycles. The summed E-state index contributed by atoms with van der Waals surface area (Å²) in [6.07, 6.45) is 3.17. The monoisotopic (exact) mass is 260 g/mol. The standard InChI is InChI=1S/C14H20N4O/c1-4-13(19)17-7-9-18(10-8-17)14-15-6-5-12(16-14)11(2)3/h4-6,11H,1,7-10H2,2-3H3. The van der Waals surface area contributed by atoms with Crippen molar-refractivity contribution in [2.75, 3.05) is 31.1 Å². The molecule has 0 bridgehead atoms. The molecule has 0 radical (unpaired) electrons. The first-order valence-corrected chi connectivity index (χ1v) is 6.61. The summed E-state index contributed by atoms with van der Waals surface area (Å²) in [5.41, 5.74) is 1.05. The molecule has 0 spiro atoms. The number of hydrogen-bond acceptors (Lipinski definition) is 4. The van der Waals surface area contributed by atoms with Crippen molar-refractivity contribution in [3.05, 3.63) is 30.6 Å². The van der Waals surface area contributed by atoms with Gasteiger partial charge in [-0.05, 0) is 18.1 Å². The molecule has 2 heterocycles. The van der Waals surface area contributed by atoms with E-state index in [1.54, 1.807) is 11.1 Å². The second-order valence-electron chi connectivity index (χ2n) is 4.95. The van der Waals surface area contributed by atoms with Crippen molar-refractivity contribution < 1.29 is 4.79 Å². The first kappa shape index (κ1) is 13.5. The number of rotatable bonds is 3. The zero-order valence-electron chi connectivity index (χ0n) is 11.5. The lowest BCUT2D eigenvalue weighted by Gasteiger charge is -2.34. The fourth-order valence-electron chi connectivity index (χ4n) is 2.09. The highest BCUT2D eigenvalue weighted by molar-refractivity contribution is 5.87. The van der Waals surface area contributed by atoms with E-state index in [1.807, 2.05) is 6.07 Å². The van der Waals surface area contributed by atoms with Crippen LogP contribution in [0.4, 0.5) is 5.95 Å². The molecule has 1 aromatic rings. The highest BCUT2D eigenvalue weighted by atomic mass is 16.2. The Balaban J connectivity index is 2.03. The lowest BCUT2D eigenvalue weighted by molar-refractivity contribution is -0.126. The van der Waals surface area contributed by atoms with Crippen LogP contribution in [0.1, 0.15) is 25.5 Å². The Hall–Kier alpha value is -1.91. The van der Waals surface area contributed by atoms with Crippen LogP contribution in [0.15, 0.2) is 24.9 Å². The Morgan fingerprint density at radius 1 is 1.37 bits per heavy atom. The average molecular weight is 260 g/mol. The Labute approximate surface area is 114 Å². The van der Waals surface area contributed by atoms with Crippen LogP contribution in [-0.4, -0.2) is 47.0 Å². The van der Waals surface area contributed by atoms with Crippen molar-refractivity contribution in [1.29, 1.82) is 0 Å². The molecule has 2 rings (SSSR count). The van der Waals surface area contributed by atoms with E-state index < -0.39 is 0 Å². The summed E-state index contributed by atoms with van der Waals surface area (Å²) in [5, 5.41) is 0. The van der Waals surface area contributed by atoms with Crippen molar-refractivity contribution in [3.8, 4) is 0 Å². The Kier molecular flexibility index (Phi) is 4.14. The predicted molar refractivity (Wildman–Crippen MR) is 75.1 cm³/mol. The third-order valence-corrected chi connectivity index (χ3v) is 3.30. The summed E-state index contributed by atoms with van der Waals surface area (Å²) in [4.78, 5) is 24.3. The molecule has 0 atom stereocenters. The molecule has 0 aromatic carbocycles. The zero-order chi connectivity index (χ0) is 13.8. The summed E-state index contributed by atoms with van der Waals surface area (Å²) in [6.45, 7) is 10.7. The van der Waals surface area contributed by atoms with Gasteiger partial charge in [0.1, 0.15) is 0 Å². The molecule has 1 aromatic heterocycles. The lowest BCUT2D eigenvalue weighted by Crippen LogP contribution is -2.48. The molecule has 0 N–H and O–H groups in total. The van der Waals surface area contributed by atoms with Crippen molar-refractivity contribution in [1.82, 2.24) is 14.9 Å². The molecule has 1 aliphatic heterocycles. The van der Waals surface area contributed by atoms with Crippen LogP contribution in [0.25, 0.3) is 0 Å². The molecule has 5 nitrogen and oxygen atoms in total. The number of carbonyl (C=O) groups excluding carboxylic acids is 1. The molecule has 1 aliphatic rings. The highest BCUT2D eigenvalue weighted by Gasteiger charge is 2.21. The molecular formula is C14H20N4O. The van der Waals surface area contributed by atoms with E-state index >= 15 is 0 Å². The van der Waals surface area contributed by atoms with Crippen LogP contribution in [0.2, 0.25) is 0 Å². The number of carbonyl (C=O) groups is 1. The first-order valence-electron chi connectivity index (χ1n) is 6.61. The first-order chi connectivity index (χ1) is 9.11. The van der Waals surface area contributed by atoms with Gasteiger partial charge in [0.2, 0.25) is 11.9 Å². The Morgan fingerprint density at radius 2 is 2.05 bits per heavy atom. The van der Waals surface area contributed by atoms with E-state index in [0.29, 0.717) is 19.0 Å². The summed E-state index contributed by atoms with van der Waals surface area (Å²) in [6, 6.07) is 1.95. The van der Waals surface area contributed by atoms with Crippen LogP contribution in [-0.2, 0) is 4.79 Å². The van der Waals surface area contributed by atoms with Crippen LogP contribution in [0.3, 0.4) is 0 Å². The zero-order valence-corrected chi connectivity index (χ0v) is 11.5. The van der Waals surface area contributed by atoms with Gasteiger partial charge in [-0.3, -0.25) is 4.79 Å². The van der Waals surface area contributed by atoms with E-state index in [1.165, 1.54) is 6.08 Å². The second kappa shape index (κ2) is 5.82. The van der Waals surface area contributed by atoms with E-state index in [0.717, 1.165) is 24.7 Å². The number of aromatic nitrogens is 2. The van der Waals surface area contributed by atoms with Crippen molar-refractivity contribution >= 4 is 11.9 Å². The van der Waals surface area contributed by atoms with Crippen LogP contribution >= 0.6 is 0 Å². The summed E-state index contributed by atoms with van der Waals surface area (Å²) in [7, 11) is 0. The summed E-state index contributed by atoms with van der Waals surface area (Å²) in [5.74, 6) is 1.15. The van der Waals surface area contributed by atoms with E-state index in [4.69, 9.17) is 0 Å². The van der Waals surface area contributed by atoms with Gasteiger partial charge < -0.3 is 9.80 Å². The third-order valence-electron chi connectivity index (χ3n) is 3.30. The van der Waals surface area contributed by atoms with Gasteiger partial charge in [-0.25, -0.2) is 9.97 Å². The minimum absolute atomic E-state index is 0.00324. The molecule has 1 saturated heterocycles. The normalized spacial score (nSPS) is 15.7. The number of piperazine rings is 1. The van der Waals surface area contributed by atoms with E-state index in [2.05, 4.69) is 35.3 Å². The third kappa shape index (κ3) is 3.10. The predicted octanol–water partition coefficient (Wildman–Crippen LogP) is 1.43. The quantitative estimate of drug-likeness (QED) is 0.772. The van der Waals surface area contributed by atoms with Gasteiger partial charge in [-0.15, -0.1) is 0 Å². The van der Waals surface area contributed by atoms with E-state index in [-0.39, 0.29) is 5.91 Å². The molecule has 0 unspecified atom stereocenters. The number of hydrogen-bond donors (Lipinski definition) is 0. The van der Waals surface area contributed by atoms with Crippen molar-refractivity contribution in [3.63, 3.8) is 0 Å². The number of amides is 1. The largest absolute Gasteiger partial charge is 0.337 e. The number of anilines is 1. The summed E-state index contributed by atoms with van der Waals surface area (Å²) >= 11 is 0. The van der Waals surface area contributed by atoms with Gasteiger partial charge in [0.15, 0.2) is 0 Å². The Bertz CT molecular complexity index is 464. The molecule has 1 amide bonds. The van der Waals surface area contributed by atoms with Crippen LogP contribution in [0.5, 0.6) is 0 Å². The van der Waals surface area contributed by atoms with E-state index in [9.17, 15) is 4.79 Å². The topological polar surface area (TPSA) is 49.3 Å². The SMILES string of the molecule is C=CC(=O)N1CCN(c2nccc(C(C)C)n2)CC1. The fraction of sp³-hybridized carbons (Fsp3) is 0.500. The number of nitrogens with zero attached hydrogens (tertiary/aromatic N) is 4. The molecule has 0 aliphatic carbocycles. The van der Waals surface area contributed by atoms with Crippen molar-refractivity contribution in [2.24, 2.45) is 0 Å². The average Bonchev–Trinajstić information content (AvgIpc) is 2.46. The van der Waals surface area contributed by atoms with Gasteiger partial charge in [0.25, 0.3) is 0 Å². The lowest BCUT2D eigenvalue weighted by atomic mass is 10.1. The van der Waals surface area contributed by atoms with Gasteiger partial charge in [0.05, 0.1) is 0 Å². The van der Waals surface area contributed by atoms with Gasteiger partial charge in [-0.1, -0.05) is 20.4 Å². The molecule has 19 heavy (non-hydrogen) atoms. The second-order valence-corrected chi connectivity index (χ2v) is 4.95. The van der Waals surface area contributed by atoms with Gasteiger partial charge in [0, 0.05) is 38.1 Å². The van der Waals surface area contributed by atoms with Crippen LogP contribution in [0, 0.1) is 0 Å².